The van der Waals surface area contributed by atoms with E-state index in [0.29, 0.717) is 11.1 Å². The molecule has 0 aliphatic heterocycles. The summed E-state index contributed by atoms with van der Waals surface area (Å²) in [7, 11) is 1.66. The van der Waals surface area contributed by atoms with Crippen LogP contribution in [-0.4, -0.2) is 17.1 Å². The third-order valence-corrected chi connectivity index (χ3v) is 3.50. The van der Waals surface area contributed by atoms with Gasteiger partial charge in [-0.05, 0) is 33.6 Å². The van der Waals surface area contributed by atoms with Crippen LogP contribution in [0, 0.1) is 4.64 Å². The van der Waals surface area contributed by atoms with E-state index in [-0.39, 0.29) is 0 Å². The molecule has 2 aromatic rings. The molecular formula is C12H11BrN2OS. The van der Waals surface area contributed by atoms with Gasteiger partial charge in [0.2, 0.25) is 0 Å². The van der Waals surface area contributed by atoms with E-state index in [1.165, 1.54) is 0 Å². The lowest BCUT2D eigenvalue weighted by Gasteiger charge is -2.04. The third kappa shape index (κ3) is 3.14. The Morgan fingerprint density at radius 1 is 1.47 bits per heavy atom. The van der Waals surface area contributed by atoms with Gasteiger partial charge >= 0.3 is 0 Å². The van der Waals surface area contributed by atoms with Gasteiger partial charge in [0, 0.05) is 12.6 Å². The maximum Gasteiger partial charge on any atom is 0.120 e. The van der Waals surface area contributed by atoms with Gasteiger partial charge in [-0.15, -0.1) is 0 Å². The number of aromatic nitrogens is 2. The molecule has 0 fully saturated rings. The predicted octanol–water partition coefficient (Wildman–Crippen LogP) is 3.50. The van der Waals surface area contributed by atoms with Crippen molar-refractivity contribution < 1.29 is 4.74 Å². The van der Waals surface area contributed by atoms with Gasteiger partial charge in [-0.3, -0.25) is 0 Å². The standard InChI is InChI=1S/C12H11BrN2OS/c1-16-9-4-2-3-8(5-9)6-11-14-7-10(13)12(17)15-11/h2-5,7H,6H2,1H3,(H,14,15,17). The van der Waals surface area contributed by atoms with Crippen LogP contribution >= 0.6 is 28.1 Å². The number of methoxy groups -OCH3 is 1. The van der Waals surface area contributed by atoms with Crippen LogP contribution in [0.3, 0.4) is 0 Å². The number of nitrogens with zero attached hydrogens (tertiary/aromatic N) is 1. The van der Waals surface area contributed by atoms with E-state index in [4.69, 9.17) is 17.0 Å². The summed E-state index contributed by atoms with van der Waals surface area (Å²) in [5, 5.41) is 0. The van der Waals surface area contributed by atoms with Gasteiger partial charge in [0.1, 0.15) is 16.2 Å². The molecule has 88 valence electrons. The van der Waals surface area contributed by atoms with E-state index in [0.717, 1.165) is 21.6 Å². The van der Waals surface area contributed by atoms with E-state index in [1.54, 1.807) is 13.3 Å². The topological polar surface area (TPSA) is 37.9 Å². The molecule has 2 rings (SSSR count). The summed E-state index contributed by atoms with van der Waals surface area (Å²) in [6.45, 7) is 0. The average molecular weight is 311 g/mol. The molecule has 1 aromatic carbocycles. The molecule has 1 N–H and O–H groups in total. The Hall–Kier alpha value is -1.20. The van der Waals surface area contributed by atoms with E-state index < -0.39 is 0 Å². The number of ether oxygens (including phenoxy) is 1. The number of benzene rings is 1. The summed E-state index contributed by atoms with van der Waals surface area (Å²) < 4.78 is 6.65. The molecule has 1 heterocycles. The molecule has 0 saturated carbocycles. The number of hydrogen-bond acceptors (Lipinski definition) is 3. The minimum Gasteiger partial charge on any atom is -0.497 e. The molecule has 0 bridgehead atoms. The molecule has 0 amide bonds. The van der Waals surface area contributed by atoms with Crippen molar-refractivity contribution in [3.63, 3.8) is 0 Å². The zero-order chi connectivity index (χ0) is 12.3. The average Bonchev–Trinajstić information content (AvgIpc) is 2.34. The molecule has 0 saturated heterocycles. The zero-order valence-corrected chi connectivity index (χ0v) is 11.6. The van der Waals surface area contributed by atoms with Crippen LogP contribution in [0.15, 0.2) is 34.9 Å². The smallest absolute Gasteiger partial charge is 0.120 e. The van der Waals surface area contributed by atoms with E-state index in [1.807, 2.05) is 24.3 Å². The summed E-state index contributed by atoms with van der Waals surface area (Å²) in [5.74, 6) is 1.68. The predicted molar refractivity (Wildman–Crippen MR) is 72.9 cm³/mol. The van der Waals surface area contributed by atoms with Crippen molar-refractivity contribution in [2.24, 2.45) is 0 Å². The lowest BCUT2D eigenvalue weighted by molar-refractivity contribution is 0.414. The highest BCUT2D eigenvalue weighted by molar-refractivity contribution is 9.10. The molecule has 0 aliphatic rings. The Bertz CT molecular complexity index is 583. The van der Waals surface area contributed by atoms with Crippen LogP contribution in [0.2, 0.25) is 0 Å². The maximum atomic E-state index is 5.18. The Morgan fingerprint density at radius 2 is 2.29 bits per heavy atom. The SMILES string of the molecule is COc1cccc(Cc2ncc(Br)c(=S)[nH]2)c1. The van der Waals surface area contributed by atoms with Crippen molar-refractivity contribution in [1.29, 1.82) is 0 Å². The van der Waals surface area contributed by atoms with Crippen molar-refractivity contribution in [1.82, 2.24) is 9.97 Å². The minimum atomic E-state index is 0.665. The lowest BCUT2D eigenvalue weighted by Crippen LogP contribution is -1.97. The second-order valence-electron chi connectivity index (χ2n) is 3.54. The second-order valence-corrected chi connectivity index (χ2v) is 4.80. The highest BCUT2D eigenvalue weighted by Crippen LogP contribution is 2.15. The minimum absolute atomic E-state index is 0.665. The lowest BCUT2D eigenvalue weighted by atomic mass is 10.1. The van der Waals surface area contributed by atoms with Gasteiger partial charge in [-0.25, -0.2) is 4.98 Å². The fraction of sp³-hybridized carbons (Fsp3) is 0.167. The third-order valence-electron chi connectivity index (χ3n) is 2.31. The van der Waals surface area contributed by atoms with E-state index in [2.05, 4.69) is 25.9 Å². The van der Waals surface area contributed by atoms with Gasteiger partial charge in [0.15, 0.2) is 0 Å². The monoisotopic (exact) mass is 310 g/mol. The van der Waals surface area contributed by atoms with E-state index >= 15 is 0 Å². The highest BCUT2D eigenvalue weighted by Gasteiger charge is 2.01. The fourth-order valence-corrected chi connectivity index (χ4v) is 1.85. The summed E-state index contributed by atoms with van der Waals surface area (Å²) in [4.78, 5) is 7.36. The van der Waals surface area contributed by atoms with Crippen LogP contribution < -0.4 is 4.74 Å². The zero-order valence-electron chi connectivity index (χ0n) is 9.24. The Balaban J connectivity index is 2.25. The first-order chi connectivity index (χ1) is 8.19. The number of aromatic amines is 1. The largest absolute Gasteiger partial charge is 0.497 e. The van der Waals surface area contributed by atoms with Crippen molar-refractivity contribution in [3.8, 4) is 5.75 Å². The number of halogens is 1. The number of hydrogen-bond donors (Lipinski definition) is 1. The number of nitrogens with one attached hydrogen (secondary N) is 1. The van der Waals surface area contributed by atoms with Crippen LogP contribution in [0.1, 0.15) is 11.4 Å². The molecule has 0 aliphatic carbocycles. The van der Waals surface area contributed by atoms with Crippen LogP contribution in [0.5, 0.6) is 5.75 Å². The molecule has 0 radical (unpaired) electrons. The first-order valence-corrected chi connectivity index (χ1v) is 6.26. The van der Waals surface area contributed by atoms with Crippen molar-refractivity contribution in [2.75, 3.05) is 7.11 Å². The Labute approximate surface area is 113 Å². The number of rotatable bonds is 3. The van der Waals surface area contributed by atoms with Gasteiger partial charge in [-0.1, -0.05) is 24.4 Å². The van der Waals surface area contributed by atoms with Crippen molar-refractivity contribution in [3.05, 3.63) is 51.0 Å². The van der Waals surface area contributed by atoms with E-state index in [9.17, 15) is 0 Å². The molecule has 17 heavy (non-hydrogen) atoms. The van der Waals surface area contributed by atoms with Crippen LogP contribution in [-0.2, 0) is 6.42 Å². The quantitative estimate of drug-likeness (QED) is 0.882. The highest BCUT2D eigenvalue weighted by atomic mass is 79.9. The summed E-state index contributed by atoms with van der Waals surface area (Å²) in [6.07, 6.45) is 2.42. The number of H-pyrrole nitrogens is 1. The van der Waals surface area contributed by atoms with Gasteiger partial charge in [-0.2, -0.15) is 0 Å². The van der Waals surface area contributed by atoms with Crippen LogP contribution in [0.25, 0.3) is 0 Å². The maximum absolute atomic E-state index is 5.18. The summed E-state index contributed by atoms with van der Waals surface area (Å²) in [6, 6.07) is 7.89. The van der Waals surface area contributed by atoms with Crippen molar-refractivity contribution in [2.45, 2.75) is 6.42 Å². The first kappa shape index (κ1) is 12.3. The summed E-state index contributed by atoms with van der Waals surface area (Å²) in [5.41, 5.74) is 1.13. The van der Waals surface area contributed by atoms with Gasteiger partial charge < -0.3 is 9.72 Å². The summed E-state index contributed by atoms with van der Waals surface area (Å²) >= 11 is 8.46. The molecule has 0 atom stereocenters. The Morgan fingerprint density at radius 3 is 3.00 bits per heavy atom. The molecule has 0 spiro atoms. The normalized spacial score (nSPS) is 10.2. The molecule has 3 nitrogen and oxygen atoms in total. The molecule has 1 aromatic heterocycles. The first-order valence-electron chi connectivity index (χ1n) is 5.05. The van der Waals surface area contributed by atoms with Gasteiger partial charge in [0.05, 0.1) is 11.6 Å². The molecule has 5 heteroatoms. The van der Waals surface area contributed by atoms with Gasteiger partial charge in [0.25, 0.3) is 0 Å². The van der Waals surface area contributed by atoms with Crippen molar-refractivity contribution >= 4 is 28.1 Å². The fourth-order valence-electron chi connectivity index (χ4n) is 1.48. The second kappa shape index (κ2) is 5.42. The molecular weight excluding hydrogens is 300 g/mol. The van der Waals surface area contributed by atoms with Crippen LogP contribution in [0.4, 0.5) is 0 Å². The Kier molecular flexibility index (Phi) is 3.91. The molecule has 0 unspecified atom stereocenters.